The van der Waals surface area contributed by atoms with Crippen molar-refractivity contribution in [2.75, 3.05) is 11.9 Å². The van der Waals surface area contributed by atoms with E-state index >= 15 is 0 Å². The molecular formula is C23H26N6O2. The molecule has 2 aromatic heterocycles. The van der Waals surface area contributed by atoms with Gasteiger partial charge in [-0.15, -0.1) is 0 Å². The second-order valence-electron chi connectivity index (χ2n) is 8.38. The molecule has 2 aliphatic rings. The number of amides is 2. The summed E-state index contributed by atoms with van der Waals surface area (Å²) in [7, 11) is 1.81. The maximum atomic E-state index is 12.9. The van der Waals surface area contributed by atoms with Gasteiger partial charge in [0.25, 0.3) is 0 Å². The Hall–Kier alpha value is -3.42. The Morgan fingerprint density at radius 1 is 1.03 bits per heavy atom. The Balaban J connectivity index is 1.30. The van der Waals surface area contributed by atoms with Crippen LogP contribution in [0.25, 0.3) is 5.69 Å². The van der Waals surface area contributed by atoms with Crippen LogP contribution >= 0.6 is 0 Å². The van der Waals surface area contributed by atoms with E-state index in [9.17, 15) is 9.59 Å². The van der Waals surface area contributed by atoms with Crippen LogP contribution in [0.15, 0.2) is 30.6 Å². The van der Waals surface area contributed by atoms with E-state index in [1.807, 2.05) is 7.05 Å². The van der Waals surface area contributed by atoms with E-state index in [-0.39, 0.29) is 0 Å². The molecule has 2 amide bonds. The molecule has 5 rings (SSSR count). The number of carbonyl (C=O) groups excluding carboxylic acids is 2. The van der Waals surface area contributed by atoms with Gasteiger partial charge in [-0.3, -0.25) is 14.3 Å². The predicted molar refractivity (Wildman–Crippen MR) is 116 cm³/mol. The third-order valence-electron chi connectivity index (χ3n) is 6.26. The Morgan fingerprint density at radius 2 is 1.81 bits per heavy atom. The number of nitrogens with one attached hydrogen (secondary N) is 1. The first kappa shape index (κ1) is 19.5. The van der Waals surface area contributed by atoms with E-state index in [1.165, 1.54) is 5.56 Å². The zero-order valence-electron chi connectivity index (χ0n) is 17.9. The van der Waals surface area contributed by atoms with Crippen molar-refractivity contribution < 1.29 is 9.59 Å². The van der Waals surface area contributed by atoms with Crippen LogP contribution in [-0.4, -0.2) is 42.6 Å². The number of hydrogen-bond donors (Lipinski definition) is 1. The number of anilines is 1. The monoisotopic (exact) mass is 418 g/mol. The largest absolute Gasteiger partial charge is 0.328 e. The summed E-state index contributed by atoms with van der Waals surface area (Å²) >= 11 is 0. The number of rotatable bonds is 2. The fourth-order valence-electron chi connectivity index (χ4n) is 4.55. The highest BCUT2D eigenvalue weighted by Crippen LogP contribution is 2.27. The summed E-state index contributed by atoms with van der Waals surface area (Å²) in [6, 6.07) is 8.28. The van der Waals surface area contributed by atoms with Crippen LogP contribution in [0.3, 0.4) is 0 Å². The summed E-state index contributed by atoms with van der Waals surface area (Å²) in [4.78, 5) is 31.7. The van der Waals surface area contributed by atoms with Crippen LogP contribution < -0.4 is 5.32 Å². The summed E-state index contributed by atoms with van der Waals surface area (Å²) in [5.74, 6) is -0.492. The van der Waals surface area contributed by atoms with E-state index in [0.29, 0.717) is 25.3 Å². The second-order valence-corrected chi connectivity index (χ2v) is 8.38. The van der Waals surface area contributed by atoms with Gasteiger partial charge in [0, 0.05) is 37.0 Å². The number of nitrogens with zero attached hydrogens (tertiary/aromatic N) is 5. The van der Waals surface area contributed by atoms with E-state index in [4.69, 9.17) is 0 Å². The topological polar surface area (TPSA) is 85.1 Å². The quantitative estimate of drug-likeness (QED) is 0.648. The van der Waals surface area contributed by atoms with Crippen LogP contribution in [0.5, 0.6) is 0 Å². The van der Waals surface area contributed by atoms with Gasteiger partial charge in [-0.25, -0.2) is 4.98 Å². The minimum absolute atomic E-state index is 0.337. The highest BCUT2D eigenvalue weighted by molar-refractivity contribution is 6.39. The molecule has 3 aromatic rings. The van der Waals surface area contributed by atoms with Crippen molar-refractivity contribution in [3.05, 3.63) is 58.8 Å². The van der Waals surface area contributed by atoms with Gasteiger partial charge >= 0.3 is 11.8 Å². The van der Waals surface area contributed by atoms with Crippen LogP contribution in [0.2, 0.25) is 0 Å². The van der Waals surface area contributed by atoms with E-state index in [1.54, 1.807) is 15.9 Å². The van der Waals surface area contributed by atoms with Gasteiger partial charge in [0.05, 0.1) is 24.3 Å². The lowest BCUT2D eigenvalue weighted by atomic mass is 9.97. The molecule has 0 saturated carbocycles. The van der Waals surface area contributed by atoms with Crippen molar-refractivity contribution in [3.63, 3.8) is 0 Å². The van der Waals surface area contributed by atoms with Crippen molar-refractivity contribution in [2.24, 2.45) is 7.05 Å². The fraction of sp³-hybridized carbons (Fsp3) is 0.391. The predicted octanol–water partition coefficient (Wildman–Crippen LogP) is 2.32. The molecule has 1 aromatic carbocycles. The van der Waals surface area contributed by atoms with Gasteiger partial charge in [-0.2, -0.15) is 5.10 Å². The summed E-state index contributed by atoms with van der Waals surface area (Å²) in [6.07, 6.45) is 6.45. The van der Waals surface area contributed by atoms with Crippen LogP contribution in [0, 0.1) is 6.92 Å². The number of aryl methyl sites for hydroxylation is 3. The van der Waals surface area contributed by atoms with E-state index in [0.717, 1.165) is 54.0 Å². The van der Waals surface area contributed by atoms with Crippen LogP contribution in [0.1, 0.15) is 41.1 Å². The molecule has 160 valence electrons. The lowest BCUT2D eigenvalue weighted by molar-refractivity contribution is -0.143. The third-order valence-corrected chi connectivity index (χ3v) is 6.26. The molecular weight excluding hydrogens is 392 g/mol. The van der Waals surface area contributed by atoms with Gasteiger partial charge in [-0.1, -0.05) is 17.7 Å². The van der Waals surface area contributed by atoms with Gasteiger partial charge in [-0.05, 0) is 44.7 Å². The van der Waals surface area contributed by atoms with Crippen molar-refractivity contribution in [1.29, 1.82) is 0 Å². The molecule has 8 heteroatoms. The molecule has 31 heavy (non-hydrogen) atoms. The molecule has 0 fully saturated rings. The lowest BCUT2D eigenvalue weighted by Crippen LogP contribution is -2.43. The molecule has 0 bridgehead atoms. The number of fused-ring (bicyclic) bond motifs is 2. The highest BCUT2D eigenvalue weighted by atomic mass is 16.2. The minimum atomic E-state index is -0.613. The average molecular weight is 419 g/mol. The SMILES string of the molecule is Cc1ccc(-n2cnc3c2CCN(C(=O)C(=O)Nc2c4c(nn2C)CCCC4)C3)cc1. The first-order chi connectivity index (χ1) is 15.0. The summed E-state index contributed by atoms with van der Waals surface area (Å²) in [5, 5.41) is 7.33. The number of carbonyl (C=O) groups is 2. The smallest absolute Gasteiger partial charge is 0.315 e. The Labute approximate surface area is 180 Å². The second kappa shape index (κ2) is 7.68. The first-order valence-electron chi connectivity index (χ1n) is 10.8. The molecule has 0 unspecified atom stereocenters. The van der Waals surface area contributed by atoms with Gasteiger partial charge in [0.2, 0.25) is 0 Å². The van der Waals surface area contributed by atoms with Crippen LogP contribution in [-0.2, 0) is 42.4 Å². The van der Waals surface area contributed by atoms with Gasteiger partial charge in [0.15, 0.2) is 0 Å². The Morgan fingerprint density at radius 3 is 2.61 bits per heavy atom. The Bertz CT molecular complexity index is 1160. The van der Waals surface area contributed by atoms with E-state index in [2.05, 4.69) is 51.2 Å². The standard InChI is InChI=1S/C23H26N6O2/c1-15-7-9-16(10-8-15)29-14-24-19-13-28(12-11-20(19)29)23(31)22(30)25-21-17-5-3-4-6-18(17)26-27(21)2/h7-10,14H,3-6,11-13H2,1-2H3,(H,25,30). The molecule has 0 atom stereocenters. The molecule has 0 spiro atoms. The van der Waals surface area contributed by atoms with Crippen molar-refractivity contribution in [1.82, 2.24) is 24.2 Å². The molecule has 3 heterocycles. The molecule has 8 nitrogen and oxygen atoms in total. The zero-order chi connectivity index (χ0) is 21.5. The Kier molecular flexibility index (Phi) is 4.84. The third kappa shape index (κ3) is 3.52. The summed E-state index contributed by atoms with van der Waals surface area (Å²) in [5.41, 5.74) is 6.28. The van der Waals surface area contributed by atoms with Gasteiger partial charge in [0.1, 0.15) is 5.82 Å². The maximum absolute atomic E-state index is 12.9. The van der Waals surface area contributed by atoms with E-state index < -0.39 is 11.8 Å². The zero-order valence-corrected chi connectivity index (χ0v) is 17.9. The summed E-state index contributed by atoms with van der Waals surface area (Å²) < 4.78 is 3.75. The van der Waals surface area contributed by atoms with Crippen LogP contribution in [0.4, 0.5) is 5.82 Å². The number of benzene rings is 1. The molecule has 0 radical (unpaired) electrons. The molecule has 1 N–H and O–H groups in total. The number of aromatic nitrogens is 4. The first-order valence-corrected chi connectivity index (χ1v) is 10.8. The van der Waals surface area contributed by atoms with Crippen molar-refractivity contribution >= 4 is 17.6 Å². The average Bonchev–Trinajstić information content (AvgIpc) is 3.34. The van der Waals surface area contributed by atoms with Gasteiger partial charge < -0.3 is 14.8 Å². The van der Waals surface area contributed by atoms with Crippen molar-refractivity contribution in [2.45, 2.75) is 45.6 Å². The minimum Gasteiger partial charge on any atom is -0.328 e. The molecule has 1 aliphatic heterocycles. The normalized spacial score (nSPS) is 15.4. The lowest BCUT2D eigenvalue weighted by Gasteiger charge is -2.26. The fourth-order valence-corrected chi connectivity index (χ4v) is 4.55. The highest BCUT2D eigenvalue weighted by Gasteiger charge is 2.30. The summed E-state index contributed by atoms with van der Waals surface area (Å²) in [6.45, 7) is 2.88. The van der Waals surface area contributed by atoms with Crippen molar-refractivity contribution in [3.8, 4) is 5.69 Å². The molecule has 0 saturated heterocycles. The molecule has 1 aliphatic carbocycles. The number of imidazole rings is 1. The maximum Gasteiger partial charge on any atom is 0.315 e. The number of hydrogen-bond acceptors (Lipinski definition) is 4.